The molecule has 0 unspecified atom stereocenters. The highest BCUT2D eigenvalue weighted by Gasteiger charge is 2.05. The van der Waals surface area contributed by atoms with Crippen LogP contribution >= 0.6 is 15.9 Å². The van der Waals surface area contributed by atoms with Crippen molar-refractivity contribution >= 4 is 15.9 Å². The van der Waals surface area contributed by atoms with Crippen LogP contribution in [0.5, 0.6) is 0 Å². The van der Waals surface area contributed by atoms with Crippen LogP contribution in [0.15, 0.2) is 41.1 Å². The maximum Gasteiger partial charge on any atom is 0.139 e. The number of aliphatic hydroxyl groups excluding tert-OH is 1. The molecule has 0 atom stereocenters. The minimum Gasteiger partial charge on any atom is -0.395 e. The van der Waals surface area contributed by atoms with E-state index in [0.717, 1.165) is 15.9 Å². The number of halogens is 1. The first-order chi connectivity index (χ1) is 7.31. The van der Waals surface area contributed by atoms with E-state index in [1.165, 1.54) is 0 Å². The van der Waals surface area contributed by atoms with Gasteiger partial charge >= 0.3 is 0 Å². The minimum atomic E-state index is 0.122. The number of imidazole rings is 1. The number of aromatic nitrogens is 2. The number of rotatable bonds is 3. The molecule has 0 saturated carbocycles. The molecule has 15 heavy (non-hydrogen) atoms. The van der Waals surface area contributed by atoms with Gasteiger partial charge in [0.25, 0.3) is 0 Å². The summed E-state index contributed by atoms with van der Waals surface area (Å²) in [4.78, 5) is 4.28. The number of aliphatic hydroxyl groups is 1. The lowest BCUT2D eigenvalue weighted by Gasteiger charge is -2.05. The zero-order chi connectivity index (χ0) is 10.7. The monoisotopic (exact) mass is 266 g/mol. The van der Waals surface area contributed by atoms with E-state index in [1.807, 2.05) is 35.0 Å². The molecule has 78 valence electrons. The van der Waals surface area contributed by atoms with Crippen molar-refractivity contribution in [3.63, 3.8) is 0 Å². The van der Waals surface area contributed by atoms with Crippen molar-refractivity contribution < 1.29 is 5.11 Å². The second-order valence-corrected chi connectivity index (χ2v) is 4.09. The van der Waals surface area contributed by atoms with Crippen LogP contribution in [0.1, 0.15) is 0 Å². The van der Waals surface area contributed by atoms with Crippen molar-refractivity contribution in [1.29, 1.82) is 0 Å². The molecule has 0 fully saturated rings. The molecule has 0 aliphatic rings. The maximum absolute atomic E-state index is 8.91. The Hall–Kier alpha value is -1.13. The highest BCUT2D eigenvalue weighted by molar-refractivity contribution is 9.10. The molecule has 0 saturated heterocycles. The molecule has 0 radical (unpaired) electrons. The molecule has 1 N–H and O–H groups in total. The van der Waals surface area contributed by atoms with E-state index in [1.54, 1.807) is 6.20 Å². The van der Waals surface area contributed by atoms with Gasteiger partial charge in [-0.15, -0.1) is 0 Å². The van der Waals surface area contributed by atoms with Gasteiger partial charge in [-0.25, -0.2) is 4.98 Å². The number of nitrogens with zero attached hydrogens (tertiary/aromatic N) is 2. The van der Waals surface area contributed by atoms with Crippen LogP contribution in [0.4, 0.5) is 0 Å². The van der Waals surface area contributed by atoms with Gasteiger partial charge in [-0.05, 0) is 12.1 Å². The molecule has 0 aliphatic heterocycles. The summed E-state index contributed by atoms with van der Waals surface area (Å²) in [6, 6.07) is 7.96. The second kappa shape index (κ2) is 4.59. The van der Waals surface area contributed by atoms with Crippen LogP contribution in [0, 0.1) is 0 Å². The first-order valence-corrected chi connectivity index (χ1v) is 5.48. The first-order valence-electron chi connectivity index (χ1n) is 4.69. The molecule has 4 heteroatoms. The molecular weight excluding hydrogens is 256 g/mol. The SMILES string of the molecule is OCCn1ccnc1-c1cccc(Br)c1. The predicted octanol–water partition coefficient (Wildman–Crippen LogP) is 2.30. The largest absolute Gasteiger partial charge is 0.395 e. The quantitative estimate of drug-likeness (QED) is 0.926. The van der Waals surface area contributed by atoms with E-state index in [9.17, 15) is 0 Å². The Morgan fingerprint density at radius 2 is 2.27 bits per heavy atom. The van der Waals surface area contributed by atoms with E-state index in [-0.39, 0.29) is 6.61 Å². The molecule has 2 aromatic rings. The Kier molecular flexibility index (Phi) is 3.18. The smallest absolute Gasteiger partial charge is 0.139 e. The standard InChI is InChI=1S/C11H11BrN2O/c12-10-3-1-2-9(8-10)11-13-4-5-14(11)6-7-15/h1-5,8,15H,6-7H2. The van der Waals surface area contributed by atoms with Gasteiger partial charge in [0.2, 0.25) is 0 Å². The minimum absolute atomic E-state index is 0.122. The summed E-state index contributed by atoms with van der Waals surface area (Å²) in [7, 11) is 0. The molecular formula is C11H11BrN2O. The van der Waals surface area contributed by atoms with Crippen LogP contribution in [0.25, 0.3) is 11.4 Å². The third-order valence-electron chi connectivity index (χ3n) is 2.14. The van der Waals surface area contributed by atoms with Crippen LogP contribution in [-0.4, -0.2) is 21.3 Å². The molecule has 0 bridgehead atoms. The number of benzene rings is 1. The van der Waals surface area contributed by atoms with Crippen molar-refractivity contribution in [3.8, 4) is 11.4 Å². The summed E-state index contributed by atoms with van der Waals surface area (Å²) < 4.78 is 2.96. The van der Waals surface area contributed by atoms with Crippen LogP contribution < -0.4 is 0 Å². The van der Waals surface area contributed by atoms with Crippen LogP contribution in [0.2, 0.25) is 0 Å². The summed E-state index contributed by atoms with van der Waals surface area (Å²) in [5, 5.41) is 8.91. The summed E-state index contributed by atoms with van der Waals surface area (Å²) >= 11 is 3.42. The lowest BCUT2D eigenvalue weighted by atomic mass is 10.2. The van der Waals surface area contributed by atoms with Gasteiger partial charge < -0.3 is 9.67 Å². The van der Waals surface area contributed by atoms with Crippen molar-refractivity contribution in [2.45, 2.75) is 6.54 Å². The van der Waals surface area contributed by atoms with Crippen molar-refractivity contribution in [2.75, 3.05) is 6.61 Å². The first kappa shape index (κ1) is 10.4. The Morgan fingerprint density at radius 1 is 1.40 bits per heavy atom. The van der Waals surface area contributed by atoms with Gasteiger partial charge in [0.05, 0.1) is 6.61 Å². The maximum atomic E-state index is 8.91. The summed E-state index contributed by atoms with van der Waals surface area (Å²) in [5.41, 5.74) is 1.04. The highest BCUT2D eigenvalue weighted by Crippen LogP contribution is 2.21. The van der Waals surface area contributed by atoms with E-state index in [0.29, 0.717) is 6.54 Å². The normalized spacial score (nSPS) is 10.5. The lowest BCUT2D eigenvalue weighted by Crippen LogP contribution is -2.02. The Labute approximate surface area is 96.5 Å². The fourth-order valence-electron chi connectivity index (χ4n) is 1.49. The number of hydrogen-bond donors (Lipinski definition) is 1. The Morgan fingerprint density at radius 3 is 3.00 bits per heavy atom. The van der Waals surface area contributed by atoms with Crippen molar-refractivity contribution in [1.82, 2.24) is 9.55 Å². The molecule has 0 spiro atoms. The van der Waals surface area contributed by atoms with Gasteiger partial charge in [0.15, 0.2) is 0 Å². The summed E-state index contributed by atoms with van der Waals surface area (Å²) in [5.74, 6) is 0.880. The van der Waals surface area contributed by atoms with E-state index >= 15 is 0 Å². The fraction of sp³-hybridized carbons (Fsp3) is 0.182. The van der Waals surface area contributed by atoms with Gasteiger partial charge in [-0.2, -0.15) is 0 Å². The number of hydrogen-bond acceptors (Lipinski definition) is 2. The average Bonchev–Trinajstić information content (AvgIpc) is 2.66. The molecule has 1 heterocycles. The van der Waals surface area contributed by atoms with Crippen molar-refractivity contribution in [3.05, 3.63) is 41.1 Å². The van der Waals surface area contributed by atoms with Gasteiger partial charge in [-0.3, -0.25) is 0 Å². The zero-order valence-corrected chi connectivity index (χ0v) is 9.68. The van der Waals surface area contributed by atoms with E-state index in [2.05, 4.69) is 20.9 Å². The van der Waals surface area contributed by atoms with Crippen LogP contribution in [0.3, 0.4) is 0 Å². The Balaban J connectivity index is 2.40. The van der Waals surface area contributed by atoms with Crippen LogP contribution in [-0.2, 0) is 6.54 Å². The average molecular weight is 267 g/mol. The second-order valence-electron chi connectivity index (χ2n) is 3.18. The molecule has 1 aromatic heterocycles. The van der Waals surface area contributed by atoms with Gasteiger partial charge in [0, 0.05) is 29.0 Å². The molecule has 0 amide bonds. The third-order valence-corrected chi connectivity index (χ3v) is 2.63. The molecule has 2 rings (SSSR count). The third kappa shape index (κ3) is 2.27. The van der Waals surface area contributed by atoms with E-state index < -0.39 is 0 Å². The summed E-state index contributed by atoms with van der Waals surface area (Å²) in [6.07, 6.45) is 3.61. The van der Waals surface area contributed by atoms with Gasteiger partial charge in [-0.1, -0.05) is 28.1 Å². The molecule has 0 aliphatic carbocycles. The molecule has 1 aromatic carbocycles. The Bertz CT molecular complexity index is 453. The lowest BCUT2D eigenvalue weighted by molar-refractivity contribution is 0.276. The molecule has 3 nitrogen and oxygen atoms in total. The fourth-order valence-corrected chi connectivity index (χ4v) is 1.88. The summed E-state index contributed by atoms with van der Waals surface area (Å²) in [6.45, 7) is 0.694. The van der Waals surface area contributed by atoms with Gasteiger partial charge in [0.1, 0.15) is 5.82 Å². The van der Waals surface area contributed by atoms with E-state index in [4.69, 9.17) is 5.11 Å². The highest BCUT2D eigenvalue weighted by atomic mass is 79.9. The topological polar surface area (TPSA) is 38.0 Å². The predicted molar refractivity (Wildman–Crippen MR) is 62.4 cm³/mol. The van der Waals surface area contributed by atoms with Crippen molar-refractivity contribution in [2.24, 2.45) is 0 Å². The zero-order valence-electron chi connectivity index (χ0n) is 8.10.